The van der Waals surface area contributed by atoms with Gasteiger partial charge in [-0.05, 0) is 66.4 Å². The maximum absolute atomic E-state index is 14.6. The minimum Gasteiger partial charge on any atom is -0.497 e. The van der Waals surface area contributed by atoms with Gasteiger partial charge in [0.15, 0.2) is 0 Å². The molecule has 214 valence electrons. The van der Waals surface area contributed by atoms with Crippen LogP contribution in [-0.2, 0) is 4.79 Å². The van der Waals surface area contributed by atoms with E-state index in [0.717, 1.165) is 67.1 Å². The van der Waals surface area contributed by atoms with Gasteiger partial charge in [-0.3, -0.25) is 9.59 Å². The first kappa shape index (κ1) is 27.2. The predicted octanol–water partition coefficient (Wildman–Crippen LogP) is 5.67. The maximum Gasteiger partial charge on any atom is 0.254 e. The van der Waals surface area contributed by atoms with Crippen LogP contribution in [0.4, 0.5) is 5.69 Å². The molecule has 0 radical (unpaired) electrons. The number of hydrogen-bond acceptors (Lipinski definition) is 5. The van der Waals surface area contributed by atoms with Gasteiger partial charge < -0.3 is 24.2 Å². The van der Waals surface area contributed by atoms with Gasteiger partial charge >= 0.3 is 0 Å². The van der Waals surface area contributed by atoms with E-state index < -0.39 is 5.92 Å². The highest BCUT2D eigenvalue weighted by Crippen LogP contribution is 2.46. The topological polar surface area (TPSA) is 62.3 Å². The van der Waals surface area contributed by atoms with E-state index in [1.165, 1.54) is 6.42 Å². The lowest BCUT2D eigenvalue weighted by Crippen LogP contribution is -2.55. The summed E-state index contributed by atoms with van der Waals surface area (Å²) in [6.45, 7) is 2.78. The van der Waals surface area contributed by atoms with Gasteiger partial charge in [0.1, 0.15) is 11.5 Å². The van der Waals surface area contributed by atoms with Gasteiger partial charge in [-0.25, -0.2) is 0 Å². The van der Waals surface area contributed by atoms with Gasteiger partial charge in [-0.1, -0.05) is 49.6 Å². The molecule has 3 aromatic rings. The van der Waals surface area contributed by atoms with Crippen molar-refractivity contribution in [1.82, 2.24) is 9.80 Å². The van der Waals surface area contributed by atoms with Crippen LogP contribution < -0.4 is 14.4 Å². The Morgan fingerprint density at radius 1 is 0.756 bits per heavy atom. The summed E-state index contributed by atoms with van der Waals surface area (Å²) in [6, 6.07) is 23.5. The van der Waals surface area contributed by atoms with E-state index in [0.29, 0.717) is 18.7 Å². The van der Waals surface area contributed by atoms with Crippen LogP contribution in [0.1, 0.15) is 65.5 Å². The lowest BCUT2D eigenvalue weighted by atomic mass is 9.77. The van der Waals surface area contributed by atoms with E-state index in [4.69, 9.17) is 9.47 Å². The Bertz CT molecular complexity index is 1360. The third-order valence-corrected chi connectivity index (χ3v) is 9.10. The Labute approximate surface area is 242 Å². The van der Waals surface area contributed by atoms with E-state index >= 15 is 0 Å². The normalized spacial score (nSPS) is 21.4. The lowest BCUT2D eigenvalue weighted by molar-refractivity contribution is -0.135. The number of carbonyl (C=O) groups is 2. The van der Waals surface area contributed by atoms with Crippen LogP contribution in [0.3, 0.4) is 0 Å². The first-order valence-corrected chi connectivity index (χ1v) is 14.8. The Kier molecular flexibility index (Phi) is 7.86. The van der Waals surface area contributed by atoms with E-state index in [1.54, 1.807) is 14.2 Å². The number of rotatable bonds is 6. The van der Waals surface area contributed by atoms with Crippen LogP contribution in [0.25, 0.3) is 0 Å². The van der Waals surface area contributed by atoms with Crippen molar-refractivity contribution in [3.05, 3.63) is 89.5 Å². The number of hydrogen-bond donors (Lipinski definition) is 0. The maximum atomic E-state index is 14.6. The van der Waals surface area contributed by atoms with Crippen LogP contribution in [0.15, 0.2) is 72.8 Å². The van der Waals surface area contributed by atoms with Gasteiger partial charge in [0.25, 0.3) is 5.91 Å². The summed E-state index contributed by atoms with van der Waals surface area (Å²) in [5, 5.41) is 0. The average molecular weight is 554 g/mol. The van der Waals surface area contributed by atoms with Crippen LogP contribution in [0.5, 0.6) is 11.5 Å². The fourth-order valence-electron chi connectivity index (χ4n) is 6.91. The minimum absolute atomic E-state index is 0.0432. The molecular formula is C34H39N3O4. The number of anilines is 1. The molecular weight excluding hydrogens is 514 g/mol. The number of carbonyl (C=O) groups excluding carboxylic acids is 2. The van der Waals surface area contributed by atoms with Crippen molar-refractivity contribution in [2.24, 2.45) is 0 Å². The van der Waals surface area contributed by atoms with Crippen LogP contribution in [-0.4, -0.2) is 68.1 Å². The highest BCUT2D eigenvalue weighted by atomic mass is 16.5. The molecule has 7 nitrogen and oxygen atoms in total. The van der Waals surface area contributed by atoms with E-state index in [2.05, 4.69) is 21.9 Å². The molecule has 1 aliphatic carbocycles. The molecule has 0 bridgehead atoms. The van der Waals surface area contributed by atoms with Crippen LogP contribution in [0.2, 0.25) is 0 Å². The lowest BCUT2D eigenvalue weighted by Gasteiger charge is -2.48. The Morgan fingerprint density at radius 3 is 2.00 bits per heavy atom. The molecule has 1 saturated heterocycles. The summed E-state index contributed by atoms with van der Waals surface area (Å²) in [4.78, 5) is 35.2. The SMILES string of the molecule is COc1ccc([C@@H]2[C@H](C(=O)N3CCN(c4ccc(OC)cc4)CC3)c3ccccc3C(=O)N2C2CCCCC2)cc1. The molecule has 3 aromatic carbocycles. The third kappa shape index (κ3) is 5.25. The zero-order chi connectivity index (χ0) is 28.3. The molecule has 1 saturated carbocycles. The van der Waals surface area contributed by atoms with Gasteiger partial charge in [0.05, 0.1) is 26.2 Å². The summed E-state index contributed by atoms with van der Waals surface area (Å²) in [5.41, 5.74) is 3.62. The smallest absolute Gasteiger partial charge is 0.254 e. The summed E-state index contributed by atoms with van der Waals surface area (Å²) in [7, 11) is 3.33. The summed E-state index contributed by atoms with van der Waals surface area (Å²) in [5.74, 6) is 1.27. The fraction of sp³-hybridized carbons (Fsp3) is 0.412. The van der Waals surface area contributed by atoms with Gasteiger partial charge in [0, 0.05) is 43.5 Å². The zero-order valence-corrected chi connectivity index (χ0v) is 24.0. The molecule has 0 aromatic heterocycles. The van der Waals surface area contributed by atoms with Crippen molar-refractivity contribution in [2.75, 3.05) is 45.3 Å². The van der Waals surface area contributed by atoms with Crippen LogP contribution in [0, 0.1) is 0 Å². The number of piperazine rings is 1. The van der Waals surface area contributed by atoms with Gasteiger partial charge in [-0.2, -0.15) is 0 Å². The summed E-state index contributed by atoms with van der Waals surface area (Å²) in [6.07, 6.45) is 5.36. The second-order valence-corrected chi connectivity index (χ2v) is 11.3. The first-order chi connectivity index (χ1) is 20.1. The summed E-state index contributed by atoms with van der Waals surface area (Å²) < 4.78 is 10.8. The Morgan fingerprint density at radius 2 is 1.37 bits per heavy atom. The molecule has 41 heavy (non-hydrogen) atoms. The zero-order valence-electron chi connectivity index (χ0n) is 24.0. The van der Waals surface area contributed by atoms with Crippen molar-refractivity contribution in [2.45, 2.75) is 50.1 Å². The number of amides is 2. The quantitative estimate of drug-likeness (QED) is 0.394. The van der Waals surface area contributed by atoms with E-state index in [1.807, 2.05) is 65.6 Å². The predicted molar refractivity (Wildman–Crippen MR) is 160 cm³/mol. The number of methoxy groups -OCH3 is 2. The largest absolute Gasteiger partial charge is 0.497 e. The van der Waals surface area contributed by atoms with Crippen molar-refractivity contribution in [3.8, 4) is 11.5 Å². The molecule has 0 N–H and O–H groups in total. The van der Waals surface area contributed by atoms with E-state index in [-0.39, 0.29) is 23.9 Å². The molecule has 0 spiro atoms. The van der Waals surface area contributed by atoms with Crippen molar-refractivity contribution in [3.63, 3.8) is 0 Å². The molecule has 2 amide bonds. The van der Waals surface area contributed by atoms with Gasteiger partial charge in [-0.15, -0.1) is 0 Å². The number of benzene rings is 3. The number of fused-ring (bicyclic) bond motifs is 1. The second kappa shape index (κ2) is 11.9. The molecule has 3 aliphatic rings. The molecule has 2 fully saturated rings. The summed E-state index contributed by atoms with van der Waals surface area (Å²) >= 11 is 0. The molecule has 2 heterocycles. The highest BCUT2D eigenvalue weighted by molar-refractivity contribution is 6.01. The Balaban J connectivity index is 1.34. The third-order valence-electron chi connectivity index (χ3n) is 9.10. The van der Waals surface area contributed by atoms with Crippen molar-refractivity contribution in [1.29, 1.82) is 0 Å². The minimum atomic E-state index is -0.466. The second-order valence-electron chi connectivity index (χ2n) is 11.3. The fourth-order valence-corrected chi connectivity index (χ4v) is 6.91. The van der Waals surface area contributed by atoms with E-state index in [9.17, 15) is 9.59 Å². The molecule has 2 atom stereocenters. The first-order valence-electron chi connectivity index (χ1n) is 14.8. The standard InChI is InChI=1S/C34H39N3O4/c1-40-27-16-12-24(13-17-27)32-31(29-10-6-7-11-30(29)33(38)37(32)26-8-4-3-5-9-26)34(39)36-22-20-35(21-23-36)25-14-18-28(41-2)19-15-25/h6-7,10-19,26,31-32H,3-5,8-9,20-23H2,1-2H3/t31-,32-/m1/s1. The van der Waals surface area contributed by atoms with Crippen molar-refractivity contribution < 1.29 is 19.1 Å². The average Bonchev–Trinajstić information content (AvgIpc) is 3.05. The molecule has 2 aliphatic heterocycles. The van der Waals surface area contributed by atoms with Crippen LogP contribution >= 0.6 is 0 Å². The molecule has 0 unspecified atom stereocenters. The monoisotopic (exact) mass is 553 g/mol. The number of ether oxygens (including phenoxy) is 2. The van der Waals surface area contributed by atoms with Gasteiger partial charge in [0.2, 0.25) is 5.91 Å². The Hall–Kier alpha value is -4.00. The molecule has 7 heteroatoms. The molecule has 6 rings (SSSR count). The van der Waals surface area contributed by atoms with Crippen molar-refractivity contribution >= 4 is 17.5 Å². The number of nitrogens with zero attached hydrogens (tertiary/aromatic N) is 3. The highest BCUT2D eigenvalue weighted by Gasteiger charge is 2.48.